The third kappa shape index (κ3) is 5.70. The molecular formula is C23H23BrN2O3S. The molecule has 0 heterocycles. The maximum absolute atomic E-state index is 13.0. The summed E-state index contributed by atoms with van der Waals surface area (Å²) >= 11 is 3.35. The second-order valence-electron chi connectivity index (χ2n) is 7.07. The highest BCUT2D eigenvalue weighted by Gasteiger charge is 2.23. The number of amides is 1. The number of halogens is 1. The van der Waals surface area contributed by atoms with Crippen LogP contribution in [-0.4, -0.2) is 27.1 Å². The van der Waals surface area contributed by atoms with Crippen molar-refractivity contribution < 1.29 is 13.2 Å². The number of hydrogen-bond donors (Lipinski definition) is 1. The molecule has 0 saturated carbocycles. The summed E-state index contributed by atoms with van der Waals surface area (Å²) in [5.74, 6) is -0.394. The number of aryl methyl sites for hydroxylation is 1. The Balaban J connectivity index is 1.88. The first-order chi connectivity index (χ1) is 14.2. The van der Waals surface area contributed by atoms with Crippen LogP contribution in [0.3, 0.4) is 0 Å². The van der Waals surface area contributed by atoms with E-state index in [1.165, 1.54) is 0 Å². The van der Waals surface area contributed by atoms with Crippen LogP contribution in [0.5, 0.6) is 0 Å². The zero-order chi connectivity index (χ0) is 21.7. The van der Waals surface area contributed by atoms with E-state index in [2.05, 4.69) is 21.2 Å². The molecule has 0 aliphatic rings. The smallest absolute Gasteiger partial charge is 0.241 e. The maximum Gasteiger partial charge on any atom is 0.241 e. The molecule has 3 aromatic carbocycles. The monoisotopic (exact) mass is 486 g/mol. The maximum atomic E-state index is 13.0. The second-order valence-corrected chi connectivity index (χ2v) is 9.89. The molecule has 5 nitrogen and oxygen atoms in total. The number of nitrogens with one attached hydrogen (secondary N) is 1. The Hall–Kier alpha value is -2.64. The molecule has 1 amide bonds. The largest absolute Gasteiger partial charge is 0.344 e. The molecule has 0 aliphatic heterocycles. The SMILES string of the molecule is Cc1ccc([C@@H](NC(=O)CN(c2cccc(Br)c2)S(C)(=O)=O)c2ccccc2)cc1. The van der Waals surface area contributed by atoms with E-state index in [-0.39, 0.29) is 12.6 Å². The molecule has 30 heavy (non-hydrogen) atoms. The Morgan fingerprint density at radius 1 is 0.967 bits per heavy atom. The van der Waals surface area contributed by atoms with Crippen molar-refractivity contribution in [2.75, 3.05) is 17.1 Å². The molecule has 0 radical (unpaired) electrons. The highest BCUT2D eigenvalue weighted by atomic mass is 79.9. The fourth-order valence-electron chi connectivity index (χ4n) is 3.13. The van der Waals surface area contributed by atoms with E-state index in [4.69, 9.17) is 0 Å². The lowest BCUT2D eigenvalue weighted by Gasteiger charge is -2.25. The van der Waals surface area contributed by atoms with Crippen molar-refractivity contribution in [1.29, 1.82) is 0 Å². The minimum Gasteiger partial charge on any atom is -0.344 e. The van der Waals surface area contributed by atoms with Crippen LogP contribution in [-0.2, 0) is 14.8 Å². The molecule has 156 valence electrons. The van der Waals surface area contributed by atoms with E-state index in [1.54, 1.807) is 24.3 Å². The van der Waals surface area contributed by atoms with Gasteiger partial charge in [-0.25, -0.2) is 8.42 Å². The van der Waals surface area contributed by atoms with E-state index in [1.807, 2.05) is 61.5 Å². The number of benzene rings is 3. The van der Waals surface area contributed by atoms with Crippen molar-refractivity contribution in [2.24, 2.45) is 0 Å². The summed E-state index contributed by atoms with van der Waals surface area (Å²) in [6.45, 7) is 1.69. The third-order valence-electron chi connectivity index (χ3n) is 4.63. The summed E-state index contributed by atoms with van der Waals surface area (Å²) in [4.78, 5) is 13.0. The number of hydrogen-bond acceptors (Lipinski definition) is 3. The number of carbonyl (C=O) groups excluding carboxylic acids is 1. The van der Waals surface area contributed by atoms with Gasteiger partial charge in [-0.1, -0.05) is 82.2 Å². The lowest BCUT2D eigenvalue weighted by Crippen LogP contribution is -2.41. The molecule has 1 N–H and O–H groups in total. The van der Waals surface area contributed by atoms with E-state index in [0.29, 0.717) is 5.69 Å². The van der Waals surface area contributed by atoms with E-state index in [9.17, 15) is 13.2 Å². The van der Waals surface area contributed by atoms with Gasteiger partial charge >= 0.3 is 0 Å². The molecule has 1 atom stereocenters. The lowest BCUT2D eigenvalue weighted by molar-refractivity contribution is -0.120. The third-order valence-corrected chi connectivity index (χ3v) is 6.27. The number of rotatable bonds is 7. The van der Waals surface area contributed by atoms with Crippen molar-refractivity contribution >= 4 is 37.5 Å². The van der Waals surface area contributed by atoms with E-state index >= 15 is 0 Å². The Kier molecular flexibility index (Phi) is 6.95. The first kappa shape index (κ1) is 22.1. The second kappa shape index (κ2) is 9.45. The number of carbonyl (C=O) groups is 1. The average Bonchev–Trinajstić information content (AvgIpc) is 2.71. The summed E-state index contributed by atoms with van der Waals surface area (Å²) in [6.07, 6.45) is 1.09. The van der Waals surface area contributed by atoms with Gasteiger partial charge in [0.25, 0.3) is 0 Å². The van der Waals surface area contributed by atoms with Crippen molar-refractivity contribution in [3.05, 3.63) is 100 Å². The van der Waals surface area contributed by atoms with Crippen LogP contribution < -0.4 is 9.62 Å². The summed E-state index contributed by atoms with van der Waals surface area (Å²) in [7, 11) is -3.65. The molecule has 3 aromatic rings. The molecule has 0 bridgehead atoms. The number of nitrogens with zero attached hydrogens (tertiary/aromatic N) is 1. The molecule has 0 saturated heterocycles. The number of sulfonamides is 1. The fraction of sp³-hybridized carbons (Fsp3) is 0.174. The predicted molar refractivity (Wildman–Crippen MR) is 124 cm³/mol. The van der Waals surface area contributed by atoms with Gasteiger partial charge in [0.2, 0.25) is 15.9 Å². The first-order valence-corrected chi connectivity index (χ1v) is 12.0. The van der Waals surface area contributed by atoms with Gasteiger partial charge in [0.05, 0.1) is 18.0 Å². The zero-order valence-corrected chi connectivity index (χ0v) is 19.2. The van der Waals surface area contributed by atoms with Crippen LogP contribution in [0.1, 0.15) is 22.7 Å². The normalized spacial score (nSPS) is 12.2. The van der Waals surface area contributed by atoms with Crippen molar-refractivity contribution in [3.8, 4) is 0 Å². The summed E-state index contributed by atoms with van der Waals surface area (Å²) in [5.41, 5.74) is 3.39. The Morgan fingerprint density at radius 3 is 2.20 bits per heavy atom. The highest BCUT2D eigenvalue weighted by Crippen LogP contribution is 2.24. The van der Waals surface area contributed by atoms with Gasteiger partial charge in [0.15, 0.2) is 0 Å². The van der Waals surface area contributed by atoms with E-state index in [0.717, 1.165) is 31.7 Å². The van der Waals surface area contributed by atoms with Gasteiger partial charge in [-0.3, -0.25) is 9.10 Å². The molecule has 7 heteroatoms. The Bertz CT molecular complexity index is 1120. The molecular weight excluding hydrogens is 464 g/mol. The molecule has 0 aliphatic carbocycles. The van der Waals surface area contributed by atoms with Crippen LogP contribution in [0.2, 0.25) is 0 Å². The van der Waals surface area contributed by atoms with Gasteiger partial charge in [0, 0.05) is 4.47 Å². The summed E-state index contributed by atoms with van der Waals surface area (Å²) in [5, 5.41) is 3.00. The van der Waals surface area contributed by atoms with Crippen LogP contribution in [0, 0.1) is 6.92 Å². The fourth-order valence-corrected chi connectivity index (χ4v) is 4.37. The van der Waals surface area contributed by atoms with E-state index < -0.39 is 15.9 Å². The summed E-state index contributed by atoms with van der Waals surface area (Å²) < 4.78 is 26.6. The van der Waals surface area contributed by atoms with Crippen molar-refractivity contribution in [3.63, 3.8) is 0 Å². The molecule has 0 aromatic heterocycles. The standard InChI is InChI=1S/C23H23BrN2O3S/c1-17-11-13-19(14-12-17)23(18-7-4-3-5-8-18)25-22(27)16-26(30(2,28)29)21-10-6-9-20(24)15-21/h3-15,23H,16H2,1-2H3,(H,25,27)/t23-/m0/s1. The quantitative estimate of drug-likeness (QED) is 0.536. The van der Waals surface area contributed by atoms with Crippen LogP contribution >= 0.6 is 15.9 Å². The van der Waals surface area contributed by atoms with Crippen molar-refractivity contribution in [2.45, 2.75) is 13.0 Å². The minimum absolute atomic E-state index is 0.315. The predicted octanol–water partition coefficient (Wildman–Crippen LogP) is 4.43. The van der Waals surface area contributed by atoms with Crippen molar-refractivity contribution in [1.82, 2.24) is 5.32 Å². The molecule has 0 spiro atoms. The molecule has 0 fully saturated rings. The van der Waals surface area contributed by atoms with Crippen LogP contribution in [0.15, 0.2) is 83.3 Å². The number of anilines is 1. The van der Waals surface area contributed by atoms with Crippen LogP contribution in [0.4, 0.5) is 5.69 Å². The Morgan fingerprint density at radius 2 is 1.60 bits per heavy atom. The van der Waals surface area contributed by atoms with Gasteiger partial charge in [-0.15, -0.1) is 0 Å². The minimum atomic E-state index is -3.65. The van der Waals surface area contributed by atoms with Gasteiger partial charge in [-0.2, -0.15) is 0 Å². The van der Waals surface area contributed by atoms with Gasteiger partial charge in [0.1, 0.15) is 6.54 Å². The van der Waals surface area contributed by atoms with Gasteiger partial charge < -0.3 is 5.32 Å². The highest BCUT2D eigenvalue weighted by molar-refractivity contribution is 9.10. The topological polar surface area (TPSA) is 66.5 Å². The first-order valence-electron chi connectivity index (χ1n) is 9.38. The summed E-state index contributed by atoms with van der Waals surface area (Å²) in [6, 6.07) is 24.0. The zero-order valence-electron chi connectivity index (χ0n) is 16.7. The average molecular weight is 487 g/mol. The molecule has 0 unspecified atom stereocenters. The Labute approximate surface area is 185 Å². The molecule has 3 rings (SSSR count). The lowest BCUT2D eigenvalue weighted by atomic mass is 9.98. The van der Waals surface area contributed by atoms with Gasteiger partial charge in [-0.05, 0) is 36.2 Å². The van der Waals surface area contributed by atoms with Crippen LogP contribution in [0.25, 0.3) is 0 Å².